The van der Waals surface area contributed by atoms with Crippen molar-refractivity contribution >= 4 is 29.0 Å². The molecule has 3 heterocycles. The molecule has 1 aromatic heterocycles. The van der Waals surface area contributed by atoms with Crippen LogP contribution < -0.4 is 20.5 Å². The van der Waals surface area contributed by atoms with Crippen molar-refractivity contribution in [3.63, 3.8) is 0 Å². The summed E-state index contributed by atoms with van der Waals surface area (Å²) in [4.78, 5) is 17.8. The van der Waals surface area contributed by atoms with Crippen molar-refractivity contribution in [3.05, 3.63) is 47.1 Å². The van der Waals surface area contributed by atoms with E-state index in [1.165, 1.54) is 11.8 Å². The van der Waals surface area contributed by atoms with Gasteiger partial charge in [-0.25, -0.2) is 15.8 Å². The van der Waals surface area contributed by atoms with E-state index in [1.54, 1.807) is 6.07 Å². The van der Waals surface area contributed by atoms with Crippen molar-refractivity contribution in [2.75, 3.05) is 29.6 Å². The molecule has 1 amide bonds. The van der Waals surface area contributed by atoms with Gasteiger partial charge < -0.3 is 9.64 Å². The van der Waals surface area contributed by atoms with Gasteiger partial charge in [0.25, 0.3) is 5.91 Å². The molecule has 0 radical (unpaired) electrons. The first-order valence-electron chi connectivity index (χ1n) is 9.46. The third kappa shape index (κ3) is 3.79. The van der Waals surface area contributed by atoms with Crippen molar-refractivity contribution < 1.29 is 22.7 Å². The molecule has 2 aliphatic heterocycles. The van der Waals surface area contributed by atoms with Crippen molar-refractivity contribution in [2.45, 2.75) is 30.9 Å². The number of amides is 1. The van der Waals surface area contributed by atoms with E-state index in [4.69, 9.17) is 22.2 Å². The van der Waals surface area contributed by atoms with Crippen LogP contribution in [0.25, 0.3) is 0 Å². The predicted octanol–water partition coefficient (Wildman–Crippen LogP) is 3.82. The number of benzene rings is 1. The normalized spacial score (nSPS) is 17.6. The molecule has 0 saturated carbocycles. The summed E-state index contributed by atoms with van der Waals surface area (Å²) in [6.45, 7) is 1.96. The van der Waals surface area contributed by atoms with Crippen LogP contribution >= 0.6 is 11.6 Å². The molecule has 0 bridgehead atoms. The summed E-state index contributed by atoms with van der Waals surface area (Å²) >= 11 is 6.40. The summed E-state index contributed by atoms with van der Waals surface area (Å²) in [5.74, 6) is 4.98. The van der Waals surface area contributed by atoms with E-state index >= 15 is 0 Å². The first-order valence-corrected chi connectivity index (χ1v) is 9.84. The maximum absolute atomic E-state index is 12.5. The van der Waals surface area contributed by atoms with Crippen LogP contribution in [-0.2, 0) is 10.2 Å². The molecule has 4 rings (SSSR count). The molecule has 30 heavy (non-hydrogen) atoms. The van der Waals surface area contributed by atoms with Crippen LogP contribution in [0.2, 0.25) is 5.02 Å². The number of para-hydroxylation sites is 1. The van der Waals surface area contributed by atoms with Crippen LogP contribution in [0, 0.1) is 0 Å². The third-order valence-corrected chi connectivity index (χ3v) is 6.09. The predicted molar refractivity (Wildman–Crippen MR) is 107 cm³/mol. The molecular weight excluding hydrogens is 421 g/mol. The van der Waals surface area contributed by atoms with Gasteiger partial charge in [0.1, 0.15) is 17.2 Å². The summed E-state index contributed by atoms with van der Waals surface area (Å²) < 4.78 is 43.5. The number of nitrogens with zero attached hydrogens (tertiary/aromatic N) is 3. The Bertz CT molecular complexity index is 961. The lowest BCUT2D eigenvalue weighted by atomic mass is 9.74. The van der Waals surface area contributed by atoms with Crippen LogP contribution in [0.5, 0.6) is 5.75 Å². The van der Waals surface area contributed by atoms with E-state index in [0.29, 0.717) is 30.4 Å². The molecule has 0 unspecified atom stereocenters. The Hall–Kier alpha value is -2.52. The van der Waals surface area contributed by atoms with Gasteiger partial charge in [-0.15, -0.1) is 0 Å². The molecule has 1 fully saturated rings. The fraction of sp³-hybridized carbons (Fsp3) is 0.400. The smallest absolute Gasteiger partial charge is 0.397 e. The third-order valence-electron chi connectivity index (χ3n) is 5.72. The Labute approximate surface area is 176 Å². The summed E-state index contributed by atoms with van der Waals surface area (Å²) in [6, 6.07) is 9.68. The number of alkyl halides is 3. The quantitative estimate of drug-likeness (QED) is 0.446. The van der Waals surface area contributed by atoms with E-state index in [-0.39, 0.29) is 16.3 Å². The Morgan fingerprint density at radius 1 is 1.27 bits per heavy atom. The molecule has 2 aliphatic rings. The summed E-state index contributed by atoms with van der Waals surface area (Å²) in [6.07, 6.45) is -3.30. The number of carbonyl (C=O) groups is 1. The topological polar surface area (TPSA) is 71.7 Å². The lowest BCUT2D eigenvalue weighted by Crippen LogP contribution is -2.44. The minimum atomic E-state index is -4.67. The Balaban J connectivity index is 1.51. The van der Waals surface area contributed by atoms with Crippen LogP contribution in [0.15, 0.2) is 36.5 Å². The highest BCUT2D eigenvalue weighted by atomic mass is 35.5. The van der Waals surface area contributed by atoms with Crippen LogP contribution in [0.3, 0.4) is 0 Å². The van der Waals surface area contributed by atoms with Crippen LogP contribution in [0.4, 0.5) is 24.7 Å². The van der Waals surface area contributed by atoms with E-state index in [2.05, 4.69) is 11.1 Å². The van der Waals surface area contributed by atoms with Gasteiger partial charge in [0.05, 0.1) is 12.3 Å². The Morgan fingerprint density at radius 2 is 1.97 bits per heavy atom. The molecule has 0 aliphatic carbocycles. The molecule has 2 N–H and O–H groups in total. The number of hydrazine groups is 1. The first kappa shape index (κ1) is 20.7. The number of nitrogens with two attached hydrogens (primary N) is 1. The van der Waals surface area contributed by atoms with Gasteiger partial charge in [0.2, 0.25) is 0 Å². The number of ether oxygens (including phenoxy) is 1. The van der Waals surface area contributed by atoms with Gasteiger partial charge in [-0.2, -0.15) is 13.2 Å². The first-order chi connectivity index (χ1) is 14.2. The standard InChI is InChI=1S/C20H20ClF3N4O2/c21-17-14(5-8-26-18(17)28(25)16(29)11-20(22,23)24)27-9-6-19(7-10-27)12-30-15-4-2-1-3-13(15)19/h1-5,8H,6-7,9-12,25H2. The number of pyridine rings is 1. The second kappa shape index (κ2) is 7.63. The minimum Gasteiger partial charge on any atom is -0.492 e. The molecule has 1 aromatic carbocycles. The largest absolute Gasteiger partial charge is 0.492 e. The summed E-state index contributed by atoms with van der Waals surface area (Å²) in [7, 11) is 0. The second-order valence-corrected chi connectivity index (χ2v) is 7.95. The summed E-state index contributed by atoms with van der Waals surface area (Å²) in [5.41, 5.74) is 1.73. The molecule has 2 aromatic rings. The second-order valence-electron chi connectivity index (χ2n) is 7.58. The summed E-state index contributed by atoms with van der Waals surface area (Å²) in [5, 5.41) is 0.417. The number of piperidine rings is 1. The number of anilines is 2. The van der Waals surface area contributed by atoms with Gasteiger partial charge in [-0.3, -0.25) is 4.79 Å². The maximum atomic E-state index is 12.5. The minimum absolute atomic E-state index is 0.0505. The highest BCUT2D eigenvalue weighted by Crippen LogP contribution is 2.46. The van der Waals surface area contributed by atoms with Crippen LogP contribution in [-0.4, -0.2) is 36.8 Å². The molecule has 6 nitrogen and oxygen atoms in total. The SMILES string of the molecule is NN(C(=O)CC(F)(F)F)c1nccc(N2CCC3(CC2)COc2ccccc23)c1Cl. The van der Waals surface area contributed by atoms with E-state index in [9.17, 15) is 18.0 Å². The number of hydrogen-bond acceptors (Lipinski definition) is 5. The number of rotatable bonds is 3. The molecular formula is C20H20ClF3N4O2. The number of hydrogen-bond donors (Lipinski definition) is 1. The number of halogens is 4. The number of aromatic nitrogens is 1. The van der Waals surface area contributed by atoms with Crippen molar-refractivity contribution in [1.29, 1.82) is 0 Å². The van der Waals surface area contributed by atoms with Gasteiger partial charge in [0, 0.05) is 30.3 Å². The van der Waals surface area contributed by atoms with Gasteiger partial charge >= 0.3 is 6.18 Å². The Morgan fingerprint density at radius 3 is 2.67 bits per heavy atom. The average Bonchev–Trinajstić information content (AvgIpc) is 3.06. The van der Waals surface area contributed by atoms with Gasteiger partial charge in [-0.05, 0) is 25.0 Å². The zero-order valence-corrected chi connectivity index (χ0v) is 16.7. The zero-order chi connectivity index (χ0) is 21.5. The van der Waals surface area contributed by atoms with E-state index in [1.807, 2.05) is 23.1 Å². The lowest BCUT2D eigenvalue weighted by molar-refractivity contribution is -0.152. The van der Waals surface area contributed by atoms with Crippen molar-refractivity contribution in [3.8, 4) is 5.75 Å². The maximum Gasteiger partial charge on any atom is 0.397 e. The van der Waals surface area contributed by atoms with E-state index in [0.717, 1.165) is 18.6 Å². The molecule has 1 saturated heterocycles. The van der Waals surface area contributed by atoms with E-state index < -0.39 is 18.5 Å². The lowest BCUT2D eigenvalue weighted by Gasteiger charge is -2.40. The fourth-order valence-corrected chi connectivity index (χ4v) is 4.45. The van der Waals surface area contributed by atoms with Gasteiger partial charge in [-0.1, -0.05) is 29.8 Å². The van der Waals surface area contributed by atoms with Crippen molar-refractivity contribution in [2.24, 2.45) is 5.84 Å². The monoisotopic (exact) mass is 440 g/mol. The van der Waals surface area contributed by atoms with Crippen molar-refractivity contribution in [1.82, 2.24) is 4.98 Å². The number of carbonyl (C=O) groups excluding carboxylic acids is 1. The van der Waals surface area contributed by atoms with Crippen LogP contribution in [0.1, 0.15) is 24.8 Å². The zero-order valence-electron chi connectivity index (χ0n) is 16.0. The average molecular weight is 441 g/mol. The highest BCUT2D eigenvalue weighted by molar-refractivity contribution is 6.36. The molecule has 0 atom stereocenters. The fourth-order valence-electron chi connectivity index (χ4n) is 4.12. The molecule has 1 spiro atoms. The highest BCUT2D eigenvalue weighted by Gasteiger charge is 2.43. The molecule has 160 valence electrons. The number of fused-ring (bicyclic) bond motifs is 2. The Kier molecular flexibility index (Phi) is 5.27. The molecule has 10 heteroatoms. The van der Waals surface area contributed by atoms with Gasteiger partial charge in [0.15, 0.2) is 5.82 Å².